The zero-order valence-electron chi connectivity index (χ0n) is 10.5. The molecule has 0 N–H and O–H groups in total. The summed E-state index contributed by atoms with van der Waals surface area (Å²) in [4.78, 5) is 2.68. The summed E-state index contributed by atoms with van der Waals surface area (Å²) >= 11 is 3.60. The Kier molecular flexibility index (Phi) is 5.43. The molecule has 0 unspecified atom stereocenters. The van der Waals surface area contributed by atoms with Gasteiger partial charge in [-0.2, -0.15) is 4.57 Å². The second-order valence-electron chi connectivity index (χ2n) is 3.78. The first kappa shape index (κ1) is 16.1. The van der Waals surface area contributed by atoms with Crippen LogP contribution in [0.15, 0.2) is 60.2 Å². The van der Waals surface area contributed by atoms with Crippen LogP contribution in [-0.2, 0) is 0 Å². The smallest absolute Gasteiger partial charge is 0.222 e. The molecule has 3 aromatic heterocycles. The SMILES string of the molecule is [O-][Cl+3]([O-])([O-])[O-].c1cc[n+](-c2ccc(-c3cccs3)s2)cc1. The molecule has 0 aliphatic heterocycles. The first-order valence-electron chi connectivity index (χ1n) is 5.65. The summed E-state index contributed by atoms with van der Waals surface area (Å²) in [5, 5.41) is 3.37. The van der Waals surface area contributed by atoms with Crippen LogP contribution in [0.5, 0.6) is 0 Å². The molecular formula is C13H10ClNO4S2. The zero-order valence-corrected chi connectivity index (χ0v) is 12.9. The standard InChI is InChI=1S/C13H10NS2.ClHO4/c1-2-8-14(9-3-1)13-7-6-12(16-13)11-5-4-10-15-11;2-1(3,4)5/h1-10H;(H,2,3,4,5)/q+1;/p-1. The van der Waals surface area contributed by atoms with Crippen molar-refractivity contribution in [1.82, 2.24) is 0 Å². The van der Waals surface area contributed by atoms with Gasteiger partial charge >= 0.3 is 0 Å². The number of halogens is 1. The molecule has 21 heavy (non-hydrogen) atoms. The number of hydrogen-bond acceptors (Lipinski definition) is 6. The van der Waals surface area contributed by atoms with E-state index in [2.05, 4.69) is 46.6 Å². The predicted molar refractivity (Wildman–Crippen MR) is 69.2 cm³/mol. The van der Waals surface area contributed by atoms with Crippen molar-refractivity contribution in [1.29, 1.82) is 0 Å². The van der Waals surface area contributed by atoms with E-state index in [0.29, 0.717) is 0 Å². The van der Waals surface area contributed by atoms with Gasteiger partial charge in [-0.15, -0.1) is 21.6 Å². The number of rotatable bonds is 2. The summed E-state index contributed by atoms with van der Waals surface area (Å²) in [6.07, 6.45) is 4.15. The quantitative estimate of drug-likeness (QED) is 0.557. The molecule has 3 heterocycles. The molecule has 5 nitrogen and oxygen atoms in total. The van der Waals surface area contributed by atoms with Gasteiger partial charge in [0.25, 0.3) is 5.00 Å². The highest BCUT2D eigenvalue weighted by atomic mass is 35.7. The maximum Gasteiger partial charge on any atom is 0.267 e. The van der Waals surface area contributed by atoms with Gasteiger partial charge in [-0.25, -0.2) is 18.6 Å². The van der Waals surface area contributed by atoms with Crippen LogP contribution >= 0.6 is 22.7 Å². The lowest BCUT2D eigenvalue weighted by Crippen LogP contribution is -2.68. The van der Waals surface area contributed by atoms with E-state index in [1.54, 1.807) is 11.3 Å². The van der Waals surface area contributed by atoms with Gasteiger partial charge in [0, 0.05) is 23.1 Å². The number of hydrogen-bond donors (Lipinski definition) is 0. The van der Waals surface area contributed by atoms with E-state index < -0.39 is 10.2 Å². The van der Waals surface area contributed by atoms with Crippen molar-refractivity contribution in [3.63, 3.8) is 0 Å². The van der Waals surface area contributed by atoms with Crippen LogP contribution in [0.1, 0.15) is 0 Å². The summed E-state index contributed by atoms with van der Waals surface area (Å²) in [6, 6.07) is 14.7. The maximum absolute atomic E-state index is 8.49. The fourth-order valence-corrected chi connectivity index (χ4v) is 3.37. The van der Waals surface area contributed by atoms with Gasteiger partial charge in [0.2, 0.25) is 0 Å². The third kappa shape index (κ3) is 5.52. The lowest BCUT2D eigenvalue weighted by Gasteiger charge is -2.17. The van der Waals surface area contributed by atoms with E-state index in [0.717, 1.165) is 0 Å². The van der Waals surface area contributed by atoms with Crippen molar-refractivity contribution in [2.45, 2.75) is 0 Å². The highest BCUT2D eigenvalue weighted by Gasteiger charge is 2.10. The molecule has 3 aromatic rings. The molecule has 0 amide bonds. The Morgan fingerprint density at radius 2 is 1.48 bits per heavy atom. The maximum atomic E-state index is 8.49. The van der Waals surface area contributed by atoms with Crippen LogP contribution in [-0.4, -0.2) is 0 Å². The van der Waals surface area contributed by atoms with Crippen LogP contribution in [0, 0.1) is 10.2 Å². The van der Waals surface area contributed by atoms with Crippen LogP contribution in [0.25, 0.3) is 14.8 Å². The number of pyridine rings is 1. The molecular weight excluding hydrogens is 334 g/mol. The van der Waals surface area contributed by atoms with Gasteiger partial charge in [-0.1, -0.05) is 23.5 Å². The van der Waals surface area contributed by atoms with E-state index in [9.17, 15) is 0 Å². The van der Waals surface area contributed by atoms with Gasteiger partial charge < -0.3 is 0 Å². The molecule has 0 aliphatic rings. The average molecular weight is 344 g/mol. The Morgan fingerprint density at radius 1 is 0.810 bits per heavy atom. The molecule has 3 rings (SSSR count). The van der Waals surface area contributed by atoms with Crippen molar-refractivity contribution in [2.75, 3.05) is 0 Å². The van der Waals surface area contributed by atoms with Crippen molar-refractivity contribution >= 4 is 22.7 Å². The zero-order chi connectivity index (χ0) is 15.3. The topological polar surface area (TPSA) is 96.1 Å². The lowest BCUT2D eigenvalue weighted by atomic mass is 10.4. The molecule has 0 bridgehead atoms. The van der Waals surface area contributed by atoms with Gasteiger partial charge in [0.1, 0.15) is 0 Å². The molecule has 0 radical (unpaired) electrons. The fraction of sp³-hybridized carbons (Fsp3) is 0. The Balaban J connectivity index is 0.000000282. The lowest BCUT2D eigenvalue weighted by molar-refractivity contribution is -2.00. The van der Waals surface area contributed by atoms with Gasteiger partial charge in [-0.3, -0.25) is 0 Å². The molecule has 0 saturated carbocycles. The minimum Gasteiger partial charge on any atom is -0.222 e. The van der Waals surface area contributed by atoms with E-state index in [-0.39, 0.29) is 0 Å². The van der Waals surface area contributed by atoms with E-state index >= 15 is 0 Å². The van der Waals surface area contributed by atoms with E-state index in [1.165, 1.54) is 14.8 Å². The molecule has 0 atom stereocenters. The molecule has 0 saturated heterocycles. The summed E-state index contributed by atoms with van der Waals surface area (Å²) in [5.74, 6) is 0. The minimum absolute atomic E-state index is 1.25. The number of aromatic nitrogens is 1. The number of nitrogens with zero attached hydrogens (tertiary/aromatic N) is 1. The Labute approximate surface area is 131 Å². The second-order valence-corrected chi connectivity index (χ2v) is 6.54. The Hall–Kier alpha value is -1.32. The minimum atomic E-state index is -4.94. The molecule has 0 fully saturated rings. The Bertz CT molecular complexity index is 659. The van der Waals surface area contributed by atoms with Crippen molar-refractivity contribution in [3.05, 3.63) is 60.2 Å². The number of thiophene rings is 2. The van der Waals surface area contributed by atoms with Crippen molar-refractivity contribution < 1.29 is 33.4 Å². The van der Waals surface area contributed by atoms with Crippen LogP contribution in [0.4, 0.5) is 0 Å². The first-order chi connectivity index (χ1) is 9.93. The molecule has 8 heteroatoms. The molecule has 0 spiro atoms. The largest absolute Gasteiger partial charge is 0.267 e. The van der Waals surface area contributed by atoms with Gasteiger partial charge in [-0.05, 0) is 17.5 Å². The molecule has 0 aliphatic carbocycles. The van der Waals surface area contributed by atoms with Crippen LogP contribution < -0.4 is 23.2 Å². The normalized spacial score (nSPS) is 10.9. The highest BCUT2D eigenvalue weighted by Crippen LogP contribution is 2.31. The predicted octanol–water partition coefficient (Wildman–Crippen LogP) is -1.00. The highest BCUT2D eigenvalue weighted by molar-refractivity contribution is 7.22. The van der Waals surface area contributed by atoms with E-state index in [4.69, 9.17) is 18.6 Å². The fourth-order valence-electron chi connectivity index (χ4n) is 1.56. The summed E-state index contributed by atoms with van der Waals surface area (Å²) in [7, 11) is -4.94. The van der Waals surface area contributed by atoms with Gasteiger partial charge in [0.15, 0.2) is 12.4 Å². The summed E-state index contributed by atoms with van der Waals surface area (Å²) < 4.78 is 36.1. The second kappa shape index (κ2) is 7.10. The third-order valence-corrected chi connectivity index (χ3v) is 4.49. The van der Waals surface area contributed by atoms with Crippen LogP contribution in [0.2, 0.25) is 0 Å². The van der Waals surface area contributed by atoms with E-state index in [1.807, 2.05) is 29.5 Å². The Morgan fingerprint density at radius 3 is 2.05 bits per heavy atom. The van der Waals surface area contributed by atoms with Crippen molar-refractivity contribution in [3.8, 4) is 14.8 Å². The van der Waals surface area contributed by atoms with Gasteiger partial charge in [0.05, 0.1) is 4.88 Å². The summed E-state index contributed by atoms with van der Waals surface area (Å²) in [5.41, 5.74) is 0. The summed E-state index contributed by atoms with van der Waals surface area (Å²) in [6.45, 7) is 0. The first-order valence-corrected chi connectivity index (χ1v) is 8.59. The van der Waals surface area contributed by atoms with Crippen LogP contribution in [0.3, 0.4) is 0 Å². The average Bonchev–Trinajstić information content (AvgIpc) is 3.09. The third-order valence-electron chi connectivity index (χ3n) is 2.33. The van der Waals surface area contributed by atoms with Crippen molar-refractivity contribution in [2.24, 2.45) is 0 Å². The molecule has 0 aromatic carbocycles. The monoisotopic (exact) mass is 343 g/mol. The molecule has 110 valence electrons.